The Balaban J connectivity index is 1.44. The van der Waals surface area contributed by atoms with Crippen molar-refractivity contribution in [2.24, 2.45) is 0 Å². The van der Waals surface area contributed by atoms with E-state index in [9.17, 15) is 4.79 Å². The van der Waals surface area contributed by atoms with Gasteiger partial charge in [-0.1, -0.05) is 42.4 Å². The van der Waals surface area contributed by atoms with Crippen LogP contribution in [0.15, 0.2) is 58.2 Å². The van der Waals surface area contributed by atoms with Crippen LogP contribution in [0.4, 0.5) is 5.69 Å². The molecule has 6 nitrogen and oxygen atoms in total. The molecule has 0 unspecified atom stereocenters. The molecule has 0 bridgehead atoms. The minimum atomic E-state index is -0.172. The molecule has 0 fully saturated rings. The standard InChI is InChI=1S/C19H18ClN3O3S/c1-2-13-3-9-16(10-4-13)25-11-18-22-23-19(26-18)27-12-17(24)21-15-7-5-14(20)6-8-15/h3-10H,2,11-12H2,1H3,(H,21,24). The molecule has 1 heterocycles. The van der Waals surface area contributed by atoms with Crippen LogP contribution in [-0.2, 0) is 17.8 Å². The number of hydrogen-bond donors (Lipinski definition) is 1. The molecule has 0 aliphatic rings. The zero-order valence-electron chi connectivity index (χ0n) is 14.6. The maximum absolute atomic E-state index is 12.0. The van der Waals surface area contributed by atoms with Crippen molar-refractivity contribution in [1.82, 2.24) is 10.2 Å². The lowest BCUT2D eigenvalue weighted by Gasteiger charge is -2.04. The number of benzene rings is 2. The number of halogens is 1. The van der Waals surface area contributed by atoms with Crippen molar-refractivity contribution < 1.29 is 13.9 Å². The van der Waals surface area contributed by atoms with Crippen molar-refractivity contribution >= 4 is 35.0 Å². The number of ether oxygens (including phenoxy) is 1. The molecule has 8 heteroatoms. The second-order valence-corrected chi connectivity index (χ2v) is 6.95. The van der Waals surface area contributed by atoms with Crippen LogP contribution in [0.1, 0.15) is 18.4 Å². The fourth-order valence-electron chi connectivity index (χ4n) is 2.18. The first-order chi connectivity index (χ1) is 13.1. The van der Waals surface area contributed by atoms with E-state index in [-0.39, 0.29) is 18.3 Å². The number of hydrogen-bond acceptors (Lipinski definition) is 6. The summed E-state index contributed by atoms with van der Waals surface area (Å²) in [6, 6.07) is 14.8. The van der Waals surface area contributed by atoms with Crippen LogP contribution in [0.3, 0.4) is 0 Å². The van der Waals surface area contributed by atoms with Gasteiger partial charge in [-0.25, -0.2) is 0 Å². The molecule has 0 spiro atoms. The summed E-state index contributed by atoms with van der Waals surface area (Å²) in [6.07, 6.45) is 0.982. The van der Waals surface area contributed by atoms with E-state index in [4.69, 9.17) is 20.8 Å². The third-order valence-electron chi connectivity index (χ3n) is 3.60. The molecule has 0 radical (unpaired) electrons. The lowest BCUT2D eigenvalue weighted by Crippen LogP contribution is -2.13. The summed E-state index contributed by atoms with van der Waals surface area (Å²) < 4.78 is 11.1. The van der Waals surface area contributed by atoms with Gasteiger partial charge < -0.3 is 14.5 Å². The number of thioether (sulfide) groups is 1. The lowest BCUT2D eigenvalue weighted by atomic mass is 10.2. The molecule has 0 saturated carbocycles. The third-order valence-corrected chi connectivity index (χ3v) is 4.67. The van der Waals surface area contributed by atoms with E-state index in [1.165, 1.54) is 5.56 Å². The van der Waals surface area contributed by atoms with Gasteiger partial charge >= 0.3 is 0 Å². The molecule has 3 rings (SSSR count). The Labute approximate surface area is 166 Å². The van der Waals surface area contributed by atoms with E-state index in [1.807, 2.05) is 24.3 Å². The van der Waals surface area contributed by atoms with Crippen molar-refractivity contribution in [3.63, 3.8) is 0 Å². The van der Waals surface area contributed by atoms with Gasteiger partial charge in [0.2, 0.25) is 5.91 Å². The fourth-order valence-corrected chi connectivity index (χ4v) is 2.89. The van der Waals surface area contributed by atoms with Gasteiger partial charge in [0, 0.05) is 10.7 Å². The zero-order valence-corrected chi connectivity index (χ0v) is 16.2. The first-order valence-corrected chi connectivity index (χ1v) is 9.71. The van der Waals surface area contributed by atoms with Crippen LogP contribution in [0, 0.1) is 0 Å². The minimum absolute atomic E-state index is 0.156. The van der Waals surface area contributed by atoms with E-state index >= 15 is 0 Å². The normalized spacial score (nSPS) is 10.6. The van der Waals surface area contributed by atoms with Crippen LogP contribution >= 0.6 is 23.4 Å². The van der Waals surface area contributed by atoms with Gasteiger partial charge in [0.15, 0.2) is 6.61 Å². The summed E-state index contributed by atoms with van der Waals surface area (Å²) in [5.41, 5.74) is 1.93. The largest absolute Gasteiger partial charge is 0.484 e. The van der Waals surface area contributed by atoms with E-state index in [1.54, 1.807) is 24.3 Å². The number of aromatic nitrogens is 2. The Kier molecular flexibility index (Phi) is 6.73. The number of anilines is 1. The lowest BCUT2D eigenvalue weighted by molar-refractivity contribution is -0.113. The maximum Gasteiger partial charge on any atom is 0.277 e. The molecule has 1 N–H and O–H groups in total. The number of aryl methyl sites for hydroxylation is 1. The highest BCUT2D eigenvalue weighted by molar-refractivity contribution is 7.99. The Bertz CT molecular complexity index is 882. The first-order valence-electron chi connectivity index (χ1n) is 8.34. The summed E-state index contributed by atoms with van der Waals surface area (Å²) >= 11 is 6.98. The van der Waals surface area contributed by atoms with Gasteiger partial charge in [-0.15, -0.1) is 10.2 Å². The van der Waals surface area contributed by atoms with Gasteiger partial charge in [0.05, 0.1) is 5.75 Å². The van der Waals surface area contributed by atoms with Crippen molar-refractivity contribution in [1.29, 1.82) is 0 Å². The number of carbonyl (C=O) groups excluding carboxylic acids is 1. The average molecular weight is 404 g/mol. The molecular weight excluding hydrogens is 386 g/mol. The Morgan fingerprint density at radius 2 is 1.89 bits per heavy atom. The molecule has 0 atom stereocenters. The van der Waals surface area contributed by atoms with Gasteiger partial charge in [0.1, 0.15) is 5.75 Å². The third kappa shape index (κ3) is 6.01. The zero-order chi connectivity index (χ0) is 19.1. The number of amides is 1. The molecule has 27 heavy (non-hydrogen) atoms. The minimum Gasteiger partial charge on any atom is -0.484 e. The van der Waals surface area contributed by atoms with E-state index in [0.29, 0.717) is 21.8 Å². The Morgan fingerprint density at radius 1 is 1.15 bits per heavy atom. The number of rotatable bonds is 8. The summed E-state index contributed by atoms with van der Waals surface area (Å²) in [6.45, 7) is 2.28. The van der Waals surface area contributed by atoms with Crippen molar-refractivity contribution in [2.75, 3.05) is 11.1 Å². The molecule has 1 amide bonds. The van der Waals surface area contributed by atoms with Crippen LogP contribution in [0.25, 0.3) is 0 Å². The quantitative estimate of drug-likeness (QED) is 0.554. The van der Waals surface area contributed by atoms with Crippen molar-refractivity contribution in [3.8, 4) is 5.75 Å². The van der Waals surface area contributed by atoms with Gasteiger partial charge in [0.25, 0.3) is 11.1 Å². The topological polar surface area (TPSA) is 77.2 Å². The second kappa shape index (κ2) is 9.43. The second-order valence-electron chi connectivity index (χ2n) is 5.59. The van der Waals surface area contributed by atoms with Crippen molar-refractivity contribution in [3.05, 3.63) is 65.0 Å². The Hall–Kier alpha value is -2.51. The highest BCUT2D eigenvalue weighted by Crippen LogP contribution is 2.19. The number of nitrogens with one attached hydrogen (secondary N) is 1. The smallest absolute Gasteiger partial charge is 0.277 e. The van der Waals surface area contributed by atoms with Crippen LogP contribution in [0.5, 0.6) is 5.75 Å². The molecule has 2 aromatic carbocycles. The summed E-state index contributed by atoms with van der Waals surface area (Å²) in [5.74, 6) is 1.08. The SMILES string of the molecule is CCc1ccc(OCc2nnc(SCC(=O)Nc3ccc(Cl)cc3)o2)cc1. The highest BCUT2D eigenvalue weighted by atomic mass is 35.5. The van der Waals surface area contributed by atoms with Crippen LogP contribution in [-0.4, -0.2) is 21.9 Å². The molecule has 140 valence electrons. The molecule has 0 saturated heterocycles. The van der Waals surface area contributed by atoms with Gasteiger partial charge in [-0.05, 0) is 48.4 Å². The predicted octanol–water partition coefficient (Wildman–Crippen LogP) is 4.60. The predicted molar refractivity (Wildman–Crippen MR) is 105 cm³/mol. The molecule has 0 aliphatic carbocycles. The van der Waals surface area contributed by atoms with Gasteiger partial charge in [-0.3, -0.25) is 4.79 Å². The Morgan fingerprint density at radius 3 is 2.59 bits per heavy atom. The summed E-state index contributed by atoms with van der Waals surface area (Å²) in [7, 11) is 0. The van der Waals surface area contributed by atoms with Crippen LogP contribution < -0.4 is 10.1 Å². The molecule has 3 aromatic rings. The van der Waals surface area contributed by atoms with E-state index < -0.39 is 0 Å². The first kappa shape index (κ1) is 19.3. The molecule has 0 aliphatic heterocycles. The van der Waals surface area contributed by atoms with E-state index in [0.717, 1.165) is 23.9 Å². The number of carbonyl (C=O) groups is 1. The number of nitrogens with zero attached hydrogens (tertiary/aromatic N) is 2. The van der Waals surface area contributed by atoms with Crippen molar-refractivity contribution in [2.45, 2.75) is 25.2 Å². The molecular formula is C19H18ClN3O3S. The maximum atomic E-state index is 12.0. The summed E-state index contributed by atoms with van der Waals surface area (Å²) in [4.78, 5) is 12.0. The fraction of sp³-hybridized carbons (Fsp3) is 0.211. The average Bonchev–Trinajstić information content (AvgIpc) is 3.15. The van der Waals surface area contributed by atoms with Crippen LogP contribution in [0.2, 0.25) is 5.02 Å². The highest BCUT2D eigenvalue weighted by Gasteiger charge is 2.10. The monoisotopic (exact) mass is 403 g/mol. The molecule has 1 aromatic heterocycles. The van der Waals surface area contributed by atoms with E-state index in [2.05, 4.69) is 22.4 Å². The van der Waals surface area contributed by atoms with Gasteiger partial charge in [-0.2, -0.15) is 0 Å². The summed E-state index contributed by atoms with van der Waals surface area (Å²) in [5, 5.41) is 11.5.